The van der Waals surface area contributed by atoms with Crippen molar-refractivity contribution in [3.8, 4) is 5.75 Å². The number of rotatable bonds is 7. The molecule has 7 heteroatoms. The number of carbonyl (C=O) groups excluding carboxylic acids is 1. The van der Waals surface area contributed by atoms with Gasteiger partial charge in [-0.1, -0.05) is 17.7 Å². The lowest BCUT2D eigenvalue weighted by Crippen LogP contribution is -2.46. The summed E-state index contributed by atoms with van der Waals surface area (Å²) >= 11 is 0. The van der Waals surface area contributed by atoms with Crippen LogP contribution < -0.4 is 9.46 Å². The maximum Gasteiger partial charge on any atom is 0.222 e. The van der Waals surface area contributed by atoms with Gasteiger partial charge in [-0.2, -0.15) is 0 Å². The number of nitrogens with zero attached hydrogens (tertiary/aromatic N) is 1. The van der Waals surface area contributed by atoms with Gasteiger partial charge < -0.3 is 9.64 Å². The molecular weight excluding hydrogens is 328 g/mol. The van der Waals surface area contributed by atoms with Crippen LogP contribution in [0.5, 0.6) is 5.75 Å². The van der Waals surface area contributed by atoms with Crippen molar-refractivity contribution in [2.45, 2.75) is 38.6 Å². The van der Waals surface area contributed by atoms with Gasteiger partial charge in [0.1, 0.15) is 5.75 Å². The standard InChI is InChI=1S/C17H26N2O4S/c1-14-5-7-16(8-6-14)23-13-3-4-17(20)19-11-9-15(10-12-19)18-24(2,21)22/h5-8,15,18H,3-4,9-13H2,1-2H3. The van der Waals surface area contributed by atoms with Crippen LogP contribution in [0, 0.1) is 6.92 Å². The molecule has 1 saturated heterocycles. The lowest BCUT2D eigenvalue weighted by molar-refractivity contribution is -0.132. The van der Waals surface area contributed by atoms with E-state index in [-0.39, 0.29) is 11.9 Å². The van der Waals surface area contributed by atoms with Crippen LogP contribution in [0.1, 0.15) is 31.2 Å². The van der Waals surface area contributed by atoms with Crippen molar-refractivity contribution in [3.63, 3.8) is 0 Å². The van der Waals surface area contributed by atoms with Crippen LogP contribution in [-0.4, -0.2) is 51.2 Å². The van der Waals surface area contributed by atoms with Gasteiger partial charge in [0.2, 0.25) is 15.9 Å². The predicted octanol–water partition coefficient (Wildman–Crippen LogP) is 1.69. The molecule has 1 aliphatic heterocycles. The maximum atomic E-state index is 12.2. The van der Waals surface area contributed by atoms with Gasteiger partial charge in [0.05, 0.1) is 12.9 Å². The lowest BCUT2D eigenvalue weighted by atomic mass is 10.1. The number of carbonyl (C=O) groups is 1. The van der Waals surface area contributed by atoms with Gasteiger partial charge >= 0.3 is 0 Å². The molecule has 0 radical (unpaired) electrons. The number of amides is 1. The topological polar surface area (TPSA) is 75.7 Å². The molecule has 1 fully saturated rings. The molecule has 0 saturated carbocycles. The van der Waals surface area contributed by atoms with E-state index in [1.54, 1.807) is 0 Å². The Balaban J connectivity index is 1.64. The normalized spacial score (nSPS) is 16.2. The number of aryl methyl sites for hydroxylation is 1. The molecule has 0 bridgehead atoms. The van der Waals surface area contributed by atoms with Gasteiger partial charge in [0, 0.05) is 25.6 Å². The average Bonchev–Trinajstić information content (AvgIpc) is 2.52. The molecular formula is C17H26N2O4S. The zero-order valence-electron chi connectivity index (χ0n) is 14.3. The van der Waals surface area contributed by atoms with Crippen LogP contribution in [0.2, 0.25) is 0 Å². The van der Waals surface area contributed by atoms with Crippen molar-refractivity contribution in [1.82, 2.24) is 9.62 Å². The highest BCUT2D eigenvalue weighted by molar-refractivity contribution is 7.88. The van der Waals surface area contributed by atoms with E-state index in [0.717, 1.165) is 5.75 Å². The highest BCUT2D eigenvalue weighted by Crippen LogP contribution is 2.14. The highest BCUT2D eigenvalue weighted by Gasteiger charge is 2.24. The zero-order chi connectivity index (χ0) is 17.6. The zero-order valence-corrected chi connectivity index (χ0v) is 15.1. The van der Waals surface area contributed by atoms with Crippen molar-refractivity contribution in [1.29, 1.82) is 0 Å². The molecule has 1 aliphatic rings. The predicted molar refractivity (Wildman–Crippen MR) is 93.5 cm³/mol. The fraction of sp³-hybridized carbons (Fsp3) is 0.588. The molecule has 0 atom stereocenters. The minimum atomic E-state index is -3.18. The second-order valence-corrected chi connectivity index (χ2v) is 8.09. The summed E-state index contributed by atoms with van der Waals surface area (Å²) in [6.45, 7) is 3.74. The minimum absolute atomic E-state index is 0.0612. The fourth-order valence-corrected chi connectivity index (χ4v) is 3.60. The third kappa shape index (κ3) is 6.49. The monoisotopic (exact) mass is 354 g/mol. The van der Waals surface area contributed by atoms with Crippen molar-refractivity contribution in [3.05, 3.63) is 29.8 Å². The van der Waals surface area contributed by atoms with E-state index in [1.165, 1.54) is 11.8 Å². The number of hydrogen-bond acceptors (Lipinski definition) is 4. The minimum Gasteiger partial charge on any atom is -0.494 e. The number of benzene rings is 1. The molecule has 1 aromatic rings. The molecule has 6 nitrogen and oxygen atoms in total. The first kappa shape index (κ1) is 18.7. The van der Waals surface area contributed by atoms with Gasteiger partial charge in [-0.3, -0.25) is 4.79 Å². The van der Waals surface area contributed by atoms with Crippen LogP contribution in [0.3, 0.4) is 0 Å². The van der Waals surface area contributed by atoms with Crippen molar-refractivity contribution >= 4 is 15.9 Å². The highest BCUT2D eigenvalue weighted by atomic mass is 32.2. The summed E-state index contributed by atoms with van der Waals surface area (Å²) in [7, 11) is -3.18. The first-order valence-electron chi connectivity index (χ1n) is 8.28. The van der Waals surface area contributed by atoms with Crippen LogP contribution in [0.4, 0.5) is 0 Å². The van der Waals surface area contributed by atoms with Gasteiger partial charge in [-0.25, -0.2) is 13.1 Å². The molecule has 2 rings (SSSR count). The summed E-state index contributed by atoms with van der Waals surface area (Å²) in [5, 5.41) is 0. The summed E-state index contributed by atoms with van der Waals surface area (Å²) in [4.78, 5) is 14.0. The number of ether oxygens (including phenoxy) is 1. The molecule has 1 N–H and O–H groups in total. The summed E-state index contributed by atoms with van der Waals surface area (Å²) in [6, 6.07) is 7.78. The molecule has 1 amide bonds. The number of sulfonamides is 1. The van der Waals surface area contributed by atoms with E-state index in [0.29, 0.717) is 45.4 Å². The molecule has 0 spiro atoms. The van der Waals surface area contributed by atoms with E-state index in [2.05, 4.69) is 4.72 Å². The molecule has 0 aromatic heterocycles. The molecule has 1 heterocycles. The van der Waals surface area contributed by atoms with Crippen LogP contribution in [0.25, 0.3) is 0 Å². The summed E-state index contributed by atoms with van der Waals surface area (Å²) < 4.78 is 30.7. The summed E-state index contributed by atoms with van der Waals surface area (Å²) in [6.07, 6.45) is 3.63. The second-order valence-electron chi connectivity index (χ2n) is 6.31. The van der Waals surface area contributed by atoms with Crippen LogP contribution in [0.15, 0.2) is 24.3 Å². The maximum absolute atomic E-state index is 12.2. The Morgan fingerprint density at radius 1 is 1.25 bits per heavy atom. The van der Waals surface area contributed by atoms with E-state index in [9.17, 15) is 13.2 Å². The lowest BCUT2D eigenvalue weighted by Gasteiger charge is -2.32. The number of nitrogens with one attached hydrogen (secondary N) is 1. The first-order chi connectivity index (χ1) is 11.3. The molecule has 134 valence electrons. The average molecular weight is 354 g/mol. The van der Waals surface area contributed by atoms with Crippen molar-refractivity contribution < 1.29 is 17.9 Å². The molecule has 0 aliphatic carbocycles. The number of piperidine rings is 1. The SMILES string of the molecule is Cc1ccc(OCCCC(=O)N2CCC(NS(C)(=O)=O)CC2)cc1. The quantitative estimate of drug-likeness (QED) is 0.756. The van der Waals surface area contributed by atoms with Gasteiger partial charge in [0.15, 0.2) is 0 Å². The van der Waals surface area contributed by atoms with E-state index in [1.807, 2.05) is 36.1 Å². The van der Waals surface area contributed by atoms with Crippen LogP contribution >= 0.6 is 0 Å². The Morgan fingerprint density at radius 2 is 1.88 bits per heavy atom. The summed E-state index contributed by atoms with van der Waals surface area (Å²) in [5.41, 5.74) is 1.19. The Bertz CT molecular complexity index is 635. The smallest absolute Gasteiger partial charge is 0.222 e. The summed E-state index contributed by atoms with van der Waals surface area (Å²) in [5.74, 6) is 0.932. The van der Waals surface area contributed by atoms with Crippen LogP contribution in [-0.2, 0) is 14.8 Å². The molecule has 24 heavy (non-hydrogen) atoms. The fourth-order valence-electron chi connectivity index (χ4n) is 2.76. The Morgan fingerprint density at radius 3 is 2.46 bits per heavy atom. The third-order valence-electron chi connectivity index (χ3n) is 4.05. The Kier molecular flexibility index (Phi) is 6.62. The second kappa shape index (κ2) is 8.48. The van der Waals surface area contributed by atoms with Gasteiger partial charge in [-0.15, -0.1) is 0 Å². The first-order valence-corrected chi connectivity index (χ1v) is 10.2. The van der Waals surface area contributed by atoms with Gasteiger partial charge in [0.25, 0.3) is 0 Å². The molecule has 0 unspecified atom stereocenters. The van der Waals surface area contributed by atoms with E-state index in [4.69, 9.17) is 4.74 Å². The number of hydrogen-bond donors (Lipinski definition) is 1. The third-order valence-corrected chi connectivity index (χ3v) is 4.81. The van der Waals surface area contributed by atoms with Crippen molar-refractivity contribution in [2.24, 2.45) is 0 Å². The van der Waals surface area contributed by atoms with E-state index >= 15 is 0 Å². The Hall–Kier alpha value is -1.60. The number of likely N-dealkylation sites (tertiary alicyclic amines) is 1. The largest absolute Gasteiger partial charge is 0.494 e. The van der Waals surface area contributed by atoms with Gasteiger partial charge in [-0.05, 0) is 38.3 Å². The Labute approximate surface area is 144 Å². The molecule has 1 aromatic carbocycles. The van der Waals surface area contributed by atoms with Crippen molar-refractivity contribution in [2.75, 3.05) is 26.0 Å². The van der Waals surface area contributed by atoms with E-state index < -0.39 is 10.0 Å².